The van der Waals surface area contributed by atoms with Crippen LogP contribution in [0.5, 0.6) is 0 Å². The summed E-state index contributed by atoms with van der Waals surface area (Å²) in [4.78, 5) is 0. The van der Waals surface area contributed by atoms with Crippen molar-refractivity contribution in [2.75, 3.05) is 0 Å². The fraction of sp³-hybridized carbons (Fsp3) is 0.921. The summed E-state index contributed by atoms with van der Waals surface area (Å²) < 4.78 is 5.21. The van der Waals surface area contributed by atoms with Crippen LogP contribution in [-0.4, -0.2) is 4.57 Å². The maximum atomic E-state index is 2.61. The molecule has 0 fully saturated rings. The van der Waals surface area contributed by atoms with Crippen LogP contribution in [0.4, 0.5) is 0 Å². The summed E-state index contributed by atoms with van der Waals surface area (Å²) in [6.45, 7) is 9.40. The fourth-order valence-electron chi connectivity index (χ4n) is 6.33. The van der Waals surface area contributed by atoms with Crippen molar-refractivity contribution in [2.24, 2.45) is 0 Å². The predicted octanol–water partition coefficient (Wildman–Crippen LogP) is 12.7. The second-order valence-corrected chi connectivity index (χ2v) is 13.0. The van der Waals surface area contributed by atoms with Gasteiger partial charge >= 0.3 is 0 Å². The third-order valence-electron chi connectivity index (χ3n) is 9.10. The summed E-state index contributed by atoms with van der Waals surface area (Å²) in [5, 5.41) is 0. The van der Waals surface area contributed by atoms with E-state index in [1.165, 1.54) is 206 Å². The molecule has 0 amide bonds. The maximum absolute atomic E-state index is 2.61. The van der Waals surface area contributed by atoms with Crippen LogP contribution in [0.15, 0.2) is 12.4 Å². The molecule has 0 bridgehead atoms. The normalized spacial score (nSPS) is 11.6. The molecule has 0 spiro atoms. The van der Waals surface area contributed by atoms with Crippen molar-refractivity contribution in [3.63, 3.8) is 0 Å². The van der Waals surface area contributed by atoms with Crippen molar-refractivity contribution in [3.8, 4) is 0 Å². The van der Waals surface area contributed by atoms with Gasteiger partial charge in [0, 0.05) is 6.42 Å². The molecule has 1 heterocycles. The first-order chi connectivity index (χ1) is 19.8. The van der Waals surface area contributed by atoms with Crippen molar-refractivity contribution < 1.29 is 4.57 Å². The Morgan fingerprint density at radius 1 is 0.425 bits per heavy atom. The molecule has 1 aromatic heterocycles. The van der Waals surface area contributed by atoms with Crippen LogP contribution in [0.25, 0.3) is 0 Å². The first kappa shape index (κ1) is 37.2. The molecule has 0 aromatic carbocycles. The highest BCUT2D eigenvalue weighted by Crippen LogP contribution is 2.15. The van der Waals surface area contributed by atoms with Gasteiger partial charge in [-0.15, -0.1) is 0 Å². The molecular weight excluding hydrogens is 484 g/mol. The number of aromatic nitrogens is 2. The van der Waals surface area contributed by atoms with Gasteiger partial charge in [-0.05, 0) is 32.1 Å². The Hall–Kier alpha value is -0.790. The molecule has 40 heavy (non-hydrogen) atoms. The minimum absolute atomic E-state index is 1.23. The number of nitrogens with zero attached hydrogens (tertiary/aromatic N) is 2. The lowest BCUT2D eigenvalue weighted by atomic mass is 10.0. The molecule has 2 nitrogen and oxygen atoms in total. The first-order valence-electron chi connectivity index (χ1n) is 18.9. The van der Waals surface area contributed by atoms with Crippen molar-refractivity contribution in [1.29, 1.82) is 0 Å². The van der Waals surface area contributed by atoms with Gasteiger partial charge in [-0.3, -0.25) is 0 Å². The van der Waals surface area contributed by atoms with E-state index < -0.39 is 0 Å². The molecule has 0 saturated carbocycles. The van der Waals surface area contributed by atoms with E-state index in [1.54, 1.807) is 5.82 Å². The molecule has 1 aromatic rings. The van der Waals surface area contributed by atoms with E-state index in [0.29, 0.717) is 0 Å². The molecular formula is C38H75N2+. The minimum atomic E-state index is 1.23. The zero-order valence-corrected chi connectivity index (χ0v) is 28.2. The Kier molecular flexibility index (Phi) is 27.6. The summed E-state index contributed by atoms with van der Waals surface area (Å²) >= 11 is 0. The standard InChI is InChI=1S/C38H75N2/c1-4-7-10-12-14-16-18-19-20-21-23-25-27-29-32-35-40-37-36-39(38(40)33-30-9-6-3)34-31-28-26-24-22-17-15-13-11-8-5-2/h36-37H,4-35H2,1-3H3/q+1. The van der Waals surface area contributed by atoms with Crippen LogP contribution < -0.4 is 4.57 Å². The van der Waals surface area contributed by atoms with Gasteiger partial charge in [0.15, 0.2) is 0 Å². The van der Waals surface area contributed by atoms with Crippen molar-refractivity contribution in [3.05, 3.63) is 18.2 Å². The van der Waals surface area contributed by atoms with Gasteiger partial charge < -0.3 is 0 Å². The molecule has 0 aliphatic rings. The van der Waals surface area contributed by atoms with Crippen LogP contribution in [0.2, 0.25) is 0 Å². The summed E-state index contributed by atoms with van der Waals surface area (Å²) in [7, 11) is 0. The largest absolute Gasteiger partial charge is 0.256 e. The lowest BCUT2D eigenvalue weighted by Gasteiger charge is -2.07. The highest BCUT2D eigenvalue weighted by atomic mass is 15.1. The lowest BCUT2D eigenvalue weighted by Crippen LogP contribution is -2.37. The average molecular weight is 560 g/mol. The zero-order valence-electron chi connectivity index (χ0n) is 28.2. The number of hydrogen-bond acceptors (Lipinski definition) is 0. The first-order valence-corrected chi connectivity index (χ1v) is 18.9. The lowest BCUT2D eigenvalue weighted by molar-refractivity contribution is -0.704. The van der Waals surface area contributed by atoms with E-state index in [4.69, 9.17) is 0 Å². The van der Waals surface area contributed by atoms with Gasteiger partial charge in [-0.25, -0.2) is 9.13 Å². The van der Waals surface area contributed by atoms with Crippen molar-refractivity contribution in [1.82, 2.24) is 4.57 Å². The van der Waals surface area contributed by atoms with Crippen LogP contribution in [0.3, 0.4) is 0 Å². The molecule has 0 N–H and O–H groups in total. The molecule has 0 saturated heterocycles. The van der Waals surface area contributed by atoms with Crippen molar-refractivity contribution >= 4 is 0 Å². The average Bonchev–Trinajstić information content (AvgIpc) is 3.35. The number of hydrogen-bond donors (Lipinski definition) is 0. The Morgan fingerprint density at radius 2 is 0.775 bits per heavy atom. The molecule has 236 valence electrons. The molecule has 0 aliphatic carbocycles. The zero-order chi connectivity index (χ0) is 28.8. The van der Waals surface area contributed by atoms with E-state index in [-0.39, 0.29) is 0 Å². The van der Waals surface area contributed by atoms with E-state index in [2.05, 4.69) is 42.3 Å². The second kappa shape index (κ2) is 29.7. The SMILES string of the molecule is CCCCCCCCCCCCCCCCCn1cc[n+](CCCCCCCCCCCCC)c1CCCCC. The van der Waals surface area contributed by atoms with E-state index in [1.807, 2.05) is 0 Å². The van der Waals surface area contributed by atoms with Gasteiger partial charge in [0.05, 0.1) is 13.1 Å². The van der Waals surface area contributed by atoms with Gasteiger partial charge in [0.1, 0.15) is 12.4 Å². The van der Waals surface area contributed by atoms with E-state index >= 15 is 0 Å². The summed E-state index contributed by atoms with van der Waals surface area (Å²) in [5.74, 6) is 1.60. The van der Waals surface area contributed by atoms with Gasteiger partial charge in [0.2, 0.25) is 0 Å². The number of rotatable bonds is 32. The molecule has 0 radical (unpaired) electrons. The quantitative estimate of drug-likeness (QED) is 0.0613. The smallest absolute Gasteiger partial charge is 0.234 e. The van der Waals surface area contributed by atoms with Crippen LogP contribution >= 0.6 is 0 Å². The molecule has 0 aliphatic heterocycles. The predicted molar refractivity (Wildman–Crippen MR) is 179 cm³/mol. The number of imidazole rings is 1. The number of unbranched alkanes of at least 4 members (excludes halogenated alkanes) is 26. The third kappa shape index (κ3) is 21.9. The molecule has 2 heteroatoms. The Labute approximate surface area is 253 Å². The Bertz CT molecular complexity index is 619. The molecule has 0 unspecified atom stereocenters. The third-order valence-corrected chi connectivity index (χ3v) is 9.10. The van der Waals surface area contributed by atoms with E-state index in [0.717, 1.165) is 0 Å². The Balaban J connectivity index is 2.12. The van der Waals surface area contributed by atoms with Gasteiger partial charge in [-0.1, -0.05) is 175 Å². The Morgan fingerprint density at radius 3 is 1.20 bits per heavy atom. The number of aryl methyl sites for hydroxylation is 2. The molecule has 0 atom stereocenters. The molecule has 1 rings (SSSR count). The highest BCUT2D eigenvalue weighted by molar-refractivity contribution is 4.84. The summed E-state index contributed by atoms with van der Waals surface area (Å²) in [6, 6.07) is 0. The van der Waals surface area contributed by atoms with Crippen molar-refractivity contribution in [2.45, 2.75) is 226 Å². The van der Waals surface area contributed by atoms with Crippen LogP contribution in [0.1, 0.15) is 213 Å². The highest BCUT2D eigenvalue weighted by Gasteiger charge is 2.16. The fourth-order valence-corrected chi connectivity index (χ4v) is 6.33. The monoisotopic (exact) mass is 560 g/mol. The second-order valence-electron chi connectivity index (χ2n) is 13.0. The maximum Gasteiger partial charge on any atom is 0.256 e. The van der Waals surface area contributed by atoms with Crippen LogP contribution in [0, 0.1) is 0 Å². The topological polar surface area (TPSA) is 8.81 Å². The van der Waals surface area contributed by atoms with E-state index in [9.17, 15) is 0 Å². The van der Waals surface area contributed by atoms with Gasteiger partial charge in [-0.2, -0.15) is 0 Å². The van der Waals surface area contributed by atoms with Crippen LogP contribution in [-0.2, 0) is 19.5 Å². The summed E-state index contributed by atoms with van der Waals surface area (Å²) in [5.41, 5.74) is 0. The minimum Gasteiger partial charge on any atom is -0.234 e. The van der Waals surface area contributed by atoms with Gasteiger partial charge in [0.25, 0.3) is 5.82 Å². The summed E-state index contributed by atoms with van der Waals surface area (Å²) in [6.07, 6.45) is 47.5.